The van der Waals surface area contributed by atoms with E-state index in [9.17, 15) is 4.57 Å². The molecule has 0 aromatic carbocycles. The molecule has 0 radical (unpaired) electrons. The minimum absolute atomic E-state index is 0. The minimum Gasteiger partial charge on any atom is -0.324 e. The van der Waals surface area contributed by atoms with Crippen LogP contribution in [0.15, 0.2) is 0 Å². The van der Waals surface area contributed by atoms with Crippen LogP contribution in [0.4, 0.5) is 0 Å². The first kappa shape index (κ1) is 26.3. The summed E-state index contributed by atoms with van der Waals surface area (Å²) < 4.78 is 10.7. The standard InChI is InChI=1S/C18H39O3P.Zr/c1-2-3-4-5-6-7-8-9-10-11-12-13-14-15-16-17-18-22(19,20)21;/h2-18H2,1H3,(H2,19,20,21);. The zero-order valence-electron chi connectivity index (χ0n) is 15.3. The number of unbranched alkanes of at least 4 members (excludes halogenated alkanes) is 15. The van der Waals surface area contributed by atoms with Crippen molar-refractivity contribution in [3.8, 4) is 0 Å². The number of rotatable bonds is 17. The maximum atomic E-state index is 10.7. The normalized spacial score (nSPS) is 11.4. The Labute approximate surface area is 163 Å². The molecule has 0 aliphatic carbocycles. The minimum atomic E-state index is -3.75. The van der Waals surface area contributed by atoms with E-state index in [-0.39, 0.29) is 32.4 Å². The van der Waals surface area contributed by atoms with Crippen LogP contribution in [0.5, 0.6) is 0 Å². The fourth-order valence-electron chi connectivity index (χ4n) is 2.87. The Bertz CT molecular complexity index is 269. The van der Waals surface area contributed by atoms with Crippen LogP contribution in [-0.4, -0.2) is 15.9 Å². The fraction of sp³-hybridized carbons (Fsp3) is 1.00. The van der Waals surface area contributed by atoms with E-state index in [4.69, 9.17) is 9.79 Å². The molecule has 0 aliphatic rings. The van der Waals surface area contributed by atoms with Crippen LogP contribution < -0.4 is 0 Å². The maximum absolute atomic E-state index is 10.7. The molecular formula is C18H39O3PZr. The van der Waals surface area contributed by atoms with Crippen LogP contribution in [0.1, 0.15) is 110 Å². The van der Waals surface area contributed by atoms with Crippen molar-refractivity contribution in [1.29, 1.82) is 0 Å². The summed E-state index contributed by atoms with van der Waals surface area (Å²) >= 11 is 0. The summed E-state index contributed by atoms with van der Waals surface area (Å²) in [6.07, 6.45) is 20.6. The van der Waals surface area contributed by atoms with E-state index in [1.54, 1.807) is 0 Å². The van der Waals surface area contributed by atoms with Gasteiger partial charge in [0.15, 0.2) is 0 Å². The zero-order chi connectivity index (χ0) is 16.5. The Morgan fingerprint density at radius 3 is 1.09 bits per heavy atom. The average molecular weight is 426 g/mol. The van der Waals surface area contributed by atoms with Crippen molar-refractivity contribution in [1.82, 2.24) is 0 Å². The summed E-state index contributed by atoms with van der Waals surface area (Å²) in [5.41, 5.74) is 0. The van der Waals surface area contributed by atoms with Gasteiger partial charge in [-0.15, -0.1) is 0 Å². The van der Waals surface area contributed by atoms with Gasteiger partial charge in [-0.25, -0.2) is 0 Å². The average Bonchev–Trinajstić information content (AvgIpc) is 2.45. The summed E-state index contributed by atoms with van der Waals surface area (Å²) in [6, 6.07) is 0. The van der Waals surface area contributed by atoms with Gasteiger partial charge in [-0.3, -0.25) is 4.57 Å². The van der Waals surface area contributed by atoms with Crippen molar-refractivity contribution in [3.63, 3.8) is 0 Å². The smallest absolute Gasteiger partial charge is 0.324 e. The third-order valence-corrected chi connectivity index (χ3v) is 5.20. The molecule has 0 heterocycles. The van der Waals surface area contributed by atoms with Crippen LogP contribution in [0.3, 0.4) is 0 Å². The van der Waals surface area contributed by atoms with E-state index in [1.165, 1.54) is 83.5 Å². The molecule has 0 unspecified atom stereocenters. The molecule has 138 valence electrons. The van der Waals surface area contributed by atoms with Crippen LogP contribution in [-0.2, 0) is 30.8 Å². The Balaban J connectivity index is 0. The summed E-state index contributed by atoms with van der Waals surface area (Å²) in [5, 5.41) is 0. The molecule has 23 heavy (non-hydrogen) atoms. The van der Waals surface area contributed by atoms with Gasteiger partial charge in [-0.2, -0.15) is 0 Å². The van der Waals surface area contributed by atoms with Crippen LogP contribution in [0, 0.1) is 0 Å². The second-order valence-electron chi connectivity index (χ2n) is 6.69. The van der Waals surface area contributed by atoms with E-state index in [2.05, 4.69) is 6.92 Å². The monoisotopic (exact) mass is 424 g/mol. The predicted molar refractivity (Wildman–Crippen MR) is 96.5 cm³/mol. The van der Waals surface area contributed by atoms with Gasteiger partial charge in [-0.1, -0.05) is 103 Å². The molecule has 0 amide bonds. The molecule has 0 atom stereocenters. The van der Waals surface area contributed by atoms with Gasteiger partial charge in [-0.05, 0) is 6.42 Å². The Morgan fingerprint density at radius 1 is 0.565 bits per heavy atom. The Morgan fingerprint density at radius 2 is 0.826 bits per heavy atom. The molecule has 0 aromatic rings. The van der Waals surface area contributed by atoms with E-state index in [1.807, 2.05) is 0 Å². The van der Waals surface area contributed by atoms with Gasteiger partial charge in [0.25, 0.3) is 0 Å². The molecule has 0 saturated heterocycles. The Hall–Kier alpha value is 1.03. The van der Waals surface area contributed by atoms with E-state index >= 15 is 0 Å². The summed E-state index contributed by atoms with van der Waals surface area (Å²) in [6.45, 7) is 2.27. The molecule has 0 spiro atoms. The number of hydrogen-bond acceptors (Lipinski definition) is 1. The Kier molecular flexibility index (Phi) is 22.1. The van der Waals surface area contributed by atoms with Gasteiger partial charge in [0.1, 0.15) is 0 Å². The molecule has 0 saturated carbocycles. The topological polar surface area (TPSA) is 57.5 Å². The molecule has 0 fully saturated rings. The third-order valence-electron chi connectivity index (χ3n) is 4.30. The van der Waals surface area contributed by atoms with Crippen molar-refractivity contribution >= 4 is 7.60 Å². The van der Waals surface area contributed by atoms with Crippen molar-refractivity contribution in [2.75, 3.05) is 6.16 Å². The van der Waals surface area contributed by atoms with E-state index in [0.717, 1.165) is 12.8 Å². The largest absolute Gasteiger partial charge is 0.325 e. The van der Waals surface area contributed by atoms with Crippen LogP contribution >= 0.6 is 7.60 Å². The second-order valence-corrected chi connectivity index (χ2v) is 8.47. The SMILES string of the molecule is CCCCCCCCCCCCCCCCCCP(=O)(O)O.[Zr]. The molecule has 0 aliphatic heterocycles. The van der Waals surface area contributed by atoms with Gasteiger partial charge < -0.3 is 9.79 Å². The quantitative estimate of drug-likeness (QED) is 0.209. The van der Waals surface area contributed by atoms with Crippen LogP contribution in [0.25, 0.3) is 0 Å². The van der Waals surface area contributed by atoms with Gasteiger partial charge in [0, 0.05) is 32.4 Å². The van der Waals surface area contributed by atoms with Gasteiger partial charge in [0.05, 0.1) is 0 Å². The van der Waals surface area contributed by atoms with Crippen molar-refractivity contribution in [3.05, 3.63) is 0 Å². The first-order valence-electron chi connectivity index (χ1n) is 9.61. The molecule has 5 heteroatoms. The molecule has 3 nitrogen and oxygen atoms in total. The summed E-state index contributed by atoms with van der Waals surface area (Å²) in [5.74, 6) is 0. The molecular weight excluding hydrogens is 386 g/mol. The van der Waals surface area contributed by atoms with Crippen LogP contribution in [0.2, 0.25) is 0 Å². The van der Waals surface area contributed by atoms with Crippen molar-refractivity contribution in [2.45, 2.75) is 110 Å². The molecule has 0 aromatic heterocycles. The van der Waals surface area contributed by atoms with Crippen molar-refractivity contribution in [2.24, 2.45) is 0 Å². The van der Waals surface area contributed by atoms with Gasteiger partial charge >= 0.3 is 7.60 Å². The third kappa shape index (κ3) is 25.4. The van der Waals surface area contributed by atoms with Crippen molar-refractivity contribution < 1.29 is 40.6 Å². The van der Waals surface area contributed by atoms with E-state index < -0.39 is 7.60 Å². The fourth-order valence-corrected chi connectivity index (χ4v) is 3.50. The molecule has 0 rings (SSSR count). The maximum Gasteiger partial charge on any atom is 0.325 e. The molecule has 0 bridgehead atoms. The predicted octanol–water partition coefficient (Wildman–Crippen LogP) is 6.42. The second kappa shape index (κ2) is 19.4. The zero-order valence-corrected chi connectivity index (χ0v) is 18.6. The first-order chi connectivity index (χ1) is 10.6. The van der Waals surface area contributed by atoms with E-state index in [0.29, 0.717) is 6.42 Å². The first-order valence-corrected chi connectivity index (χ1v) is 11.4. The van der Waals surface area contributed by atoms with Gasteiger partial charge in [0.2, 0.25) is 0 Å². The molecule has 2 N–H and O–H groups in total. The number of hydrogen-bond donors (Lipinski definition) is 2. The summed E-state index contributed by atoms with van der Waals surface area (Å²) in [4.78, 5) is 17.5. The summed E-state index contributed by atoms with van der Waals surface area (Å²) in [7, 11) is -3.75.